The first kappa shape index (κ1) is 16.6. The number of ether oxygens (including phenoxy) is 3. The molecule has 2 N–H and O–H groups in total. The Morgan fingerprint density at radius 2 is 1.96 bits per heavy atom. The Balaban J connectivity index is 1.60. The standard InChI is InChI=1S/C17H16N2O6/c1-9(20)11-5-13(18-7-11)17(22)25-10(2)16(21)19-12-3-4-14-15(6-12)24-8-23-14/h3-7,10,18H,8H2,1-2H3,(H,19,21). The highest BCUT2D eigenvalue weighted by atomic mass is 16.7. The summed E-state index contributed by atoms with van der Waals surface area (Å²) in [7, 11) is 0. The lowest BCUT2D eigenvalue weighted by Gasteiger charge is -2.13. The normalized spacial score (nSPS) is 13.2. The van der Waals surface area contributed by atoms with Crippen LogP contribution in [0, 0.1) is 0 Å². The lowest BCUT2D eigenvalue weighted by atomic mass is 10.2. The van der Waals surface area contributed by atoms with E-state index < -0.39 is 18.0 Å². The summed E-state index contributed by atoms with van der Waals surface area (Å²) < 4.78 is 15.5. The Bertz CT molecular complexity index is 841. The van der Waals surface area contributed by atoms with E-state index >= 15 is 0 Å². The van der Waals surface area contributed by atoms with Gasteiger partial charge in [0.2, 0.25) is 6.79 Å². The van der Waals surface area contributed by atoms with Crippen LogP contribution in [0.5, 0.6) is 11.5 Å². The van der Waals surface area contributed by atoms with Crippen LogP contribution in [0.15, 0.2) is 30.5 Å². The van der Waals surface area contributed by atoms with Gasteiger partial charge in [-0.2, -0.15) is 0 Å². The molecule has 0 bridgehead atoms. The fourth-order valence-electron chi connectivity index (χ4n) is 2.21. The van der Waals surface area contributed by atoms with Gasteiger partial charge in [0.25, 0.3) is 5.91 Å². The Labute approximate surface area is 143 Å². The molecular formula is C17H16N2O6. The zero-order chi connectivity index (χ0) is 18.0. The number of aromatic amines is 1. The maximum Gasteiger partial charge on any atom is 0.355 e. The quantitative estimate of drug-likeness (QED) is 0.636. The maximum atomic E-state index is 12.2. The van der Waals surface area contributed by atoms with Crippen molar-refractivity contribution in [2.75, 3.05) is 12.1 Å². The van der Waals surface area contributed by atoms with E-state index in [4.69, 9.17) is 14.2 Å². The van der Waals surface area contributed by atoms with E-state index in [0.29, 0.717) is 22.7 Å². The third kappa shape index (κ3) is 3.63. The maximum absolute atomic E-state index is 12.2. The molecular weight excluding hydrogens is 328 g/mol. The molecule has 25 heavy (non-hydrogen) atoms. The predicted octanol–water partition coefficient (Wildman–Crippen LogP) is 2.13. The van der Waals surface area contributed by atoms with Crippen molar-refractivity contribution in [2.24, 2.45) is 0 Å². The number of aromatic nitrogens is 1. The van der Waals surface area contributed by atoms with Crippen LogP contribution >= 0.6 is 0 Å². The predicted molar refractivity (Wildman–Crippen MR) is 86.9 cm³/mol. The molecule has 2 heterocycles. The lowest BCUT2D eigenvalue weighted by molar-refractivity contribution is -0.123. The van der Waals surface area contributed by atoms with Gasteiger partial charge in [0, 0.05) is 23.5 Å². The molecule has 1 aromatic carbocycles. The number of esters is 1. The summed E-state index contributed by atoms with van der Waals surface area (Å²) >= 11 is 0. The smallest absolute Gasteiger partial charge is 0.355 e. The summed E-state index contributed by atoms with van der Waals surface area (Å²) in [6.07, 6.45) is 0.387. The molecule has 0 aliphatic carbocycles. The summed E-state index contributed by atoms with van der Waals surface area (Å²) in [5.41, 5.74) is 0.966. The van der Waals surface area contributed by atoms with Gasteiger partial charge < -0.3 is 24.5 Å². The Hall–Kier alpha value is -3.29. The second-order valence-corrected chi connectivity index (χ2v) is 5.46. The van der Waals surface area contributed by atoms with Gasteiger partial charge in [-0.15, -0.1) is 0 Å². The zero-order valence-corrected chi connectivity index (χ0v) is 13.6. The Morgan fingerprint density at radius 1 is 1.20 bits per heavy atom. The second-order valence-electron chi connectivity index (χ2n) is 5.46. The van der Waals surface area contributed by atoms with Gasteiger partial charge in [-0.1, -0.05) is 0 Å². The fourth-order valence-corrected chi connectivity index (χ4v) is 2.21. The number of ketones is 1. The zero-order valence-electron chi connectivity index (χ0n) is 13.6. The van der Waals surface area contributed by atoms with E-state index in [-0.39, 0.29) is 18.3 Å². The largest absolute Gasteiger partial charge is 0.454 e. The van der Waals surface area contributed by atoms with Gasteiger partial charge in [-0.05, 0) is 32.0 Å². The molecule has 0 saturated carbocycles. The van der Waals surface area contributed by atoms with Crippen molar-refractivity contribution in [3.05, 3.63) is 41.7 Å². The van der Waals surface area contributed by atoms with Crippen molar-refractivity contribution in [1.29, 1.82) is 0 Å². The van der Waals surface area contributed by atoms with Crippen molar-refractivity contribution in [3.8, 4) is 11.5 Å². The number of Topliss-reactive ketones (excluding diaryl/α,β-unsaturated/α-hetero) is 1. The summed E-state index contributed by atoms with van der Waals surface area (Å²) in [5.74, 6) is -0.258. The molecule has 1 atom stereocenters. The van der Waals surface area contributed by atoms with Crippen LogP contribution in [0.1, 0.15) is 34.7 Å². The fraction of sp³-hybridized carbons (Fsp3) is 0.235. The van der Waals surface area contributed by atoms with Crippen molar-refractivity contribution in [2.45, 2.75) is 20.0 Å². The van der Waals surface area contributed by atoms with Crippen molar-refractivity contribution >= 4 is 23.3 Å². The van der Waals surface area contributed by atoms with Crippen LogP contribution < -0.4 is 14.8 Å². The van der Waals surface area contributed by atoms with E-state index in [1.165, 1.54) is 26.1 Å². The van der Waals surface area contributed by atoms with E-state index in [0.717, 1.165) is 0 Å². The number of anilines is 1. The highest BCUT2D eigenvalue weighted by molar-refractivity contribution is 5.99. The molecule has 3 rings (SSSR count). The van der Waals surface area contributed by atoms with Gasteiger partial charge >= 0.3 is 5.97 Å². The molecule has 1 aliphatic heterocycles. The number of rotatable bonds is 5. The van der Waals surface area contributed by atoms with Crippen LogP contribution in [-0.4, -0.2) is 35.5 Å². The van der Waals surface area contributed by atoms with Crippen molar-refractivity contribution in [1.82, 2.24) is 4.98 Å². The molecule has 8 heteroatoms. The summed E-state index contributed by atoms with van der Waals surface area (Å²) in [5, 5.41) is 2.64. The molecule has 1 amide bonds. The third-order valence-electron chi connectivity index (χ3n) is 3.60. The number of H-pyrrole nitrogens is 1. The highest BCUT2D eigenvalue weighted by Gasteiger charge is 2.21. The van der Waals surface area contributed by atoms with Crippen molar-refractivity contribution < 1.29 is 28.6 Å². The molecule has 0 spiro atoms. The number of hydrogen-bond acceptors (Lipinski definition) is 6. The lowest BCUT2D eigenvalue weighted by Crippen LogP contribution is -2.30. The number of nitrogens with one attached hydrogen (secondary N) is 2. The number of benzene rings is 1. The number of fused-ring (bicyclic) bond motifs is 1. The summed E-state index contributed by atoms with van der Waals surface area (Å²) in [6, 6.07) is 6.34. The van der Waals surface area contributed by atoms with Gasteiger partial charge in [0.15, 0.2) is 23.4 Å². The van der Waals surface area contributed by atoms with Crippen LogP contribution in [0.3, 0.4) is 0 Å². The third-order valence-corrected chi connectivity index (χ3v) is 3.60. The van der Waals surface area contributed by atoms with Crippen LogP contribution in [0.4, 0.5) is 5.69 Å². The average molecular weight is 344 g/mol. The van der Waals surface area contributed by atoms with E-state index in [1.54, 1.807) is 18.2 Å². The second kappa shape index (κ2) is 6.68. The number of hydrogen-bond donors (Lipinski definition) is 2. The molecule has 8 nitrogen and oxygen atoms in total. The Kier molecular flexibility index (Phi) is 4.42. The topological polar surface area (TPSA) is 107 Å². The molecule has 1 unspecified atom stereocenters. The number of carbonyl (C=O) groups is 3. The van der Waals surface area contributed by atoms with Crippen LogP contribution in [-0.2, 0) is 9.53 Å². The first-order chi connectivity index (χ1) is 11.9. The van der Waals surface area contributed by atoms with E-state index in [9.17, 15) is 14.4 Å². The molecule has 0 saturated heterocycles. The number of carbonyl (C=O) groups excluding carboxylic acids is 3. The monoisotopic (exact) mass is 344 g/mol. The van der Waals surface area contributed by atoms with Gasteiger partial charge in [0.05, 0.1) is 0 Å². The average Bonchev–Trinajstić information content (AvgIpc) is 3.23. The number of amides is 1. The van der Waals surface area contributed by atoms with E-state index in [2.05, 4.69) is 10.3 Å². The first-order valence-corrected chi connectivity index (χ1v) is 7.55. The van der Waals surface area contributed by atoms with Crippen molar-refractivity contribution in [3.63, 3.8) is 0 Å². The molecule has 1 aliphatic rings. The van der Waals surface area contributed by atoms with Crippen LogP contribution in [0.2, 0.25) is 0 Å². The minimum absolute atomic E-state index is 0.105. The minimum Gasteiger partial charge on any atom is -0.454 e. The summed E-state index contributed by atoms with van der Waals surface area (Å²) in [4.78, 5) is 38.1. The molecule has 0 fully saturated rings. The Morgan fingerprint density at radius 3 is 2.68 bits per heavy atom. The molecule has 2 aromatic rings. The van der Waals surface area contributed by atoms with Gasteiger partial charge in [0.1, 0.15) is 5.69 Å². The van der Waals surface area contributed by atoms with Gasteiger partial charge in [-0.3, -0.25) is 9.59 Å². The first-order valence-electron chi connectivity index (χ1n) is 7.55. The van der Waals surface area contributed by atoms with E-state index in [1.807, 2.05) is 0 Å². The van der Waals surface area contributed by atoms with Gasteiger partial charge in [-0.25, -0.2) is 4.79 Å². The molecule has 0 radical (unpaired) electrons. The molecule has 1 aromatic heterocycles. The molecule has 130 valence electrons. The SMILES string of the molecule is CC(=O)c1c[nH]c(C(=O)OC(C)C(=O)Nc2ccc3c(c2)OCO3)c1. The van der Waals surface area contributed by atoms with Crippen LogP contribution in [0.25, 0.3) is 0 Å². The summed E-state index contributed by atoms with van der Waals surface area (Å²) in [6.45, 7) is 2.98. The minimum atomic E-state index is -1.03. The highest BCUT2D eigenvalue weighted by Crippen LogP contribution is 2.34.